The predicted octanol–water partition coefficient (Wildman–Crippen LogP) is 0.892. The normalized spacial score (nSPS) is 35.7. The van der Waals surface area contributed by atoms with E-state index in [0.29, 0.717) is 0 Å². The van der Waals surface area contributed by atoms with Crippen LogP contribution in [0, 0.1) is 0 Å². The van der Waals surface area contributed by atoms with Gasteiger partial charge in [-0.25, -0.2) is 18.5 Å². The van der Waals surface area contributed by atoms with Gasteiger partial charge in [-0.1, -0.05) is 0 Å². The maximum atomic E-state index is 13.0. The van der Waals surface area contributed by atoms with Gasteiger partial charge in [0.2, 0.25) is 6.23 Å². The molecule has 3 heterocycles. The van der Waals surface area contributed by atoms with Crippen LogP contribution in [0.2, 0.25) is 0 Å². The molecule has 22 heteroatoms. The van der Waals surface area contributed by atoms with Crippen LogP contribution in [0.4, 0.5) is 19.0 Å². The molecule has 6 N–H and O–H groups in total. The molecule has 0 aromatic carbocycles. The van der Waals surface area contributed by atoms with Crippen molar-refractivity contribution in [2.45, 2.75) is 18.5 Å². The Hall–Kier alpha value is -1.78. The number of hydrogen-bond donors (Lipinski definition) is 5. The molecule has 4 atom stereocenters. The van der Waals surface area contributed by atoms with E-state index in [0.717, 1.165) is 0 Å². The Kier molecular flexibility index (Phi) is 6.15. The lowest BCUT2D eigenvalue weighted by molar-refractivity contribution is -0.138. The number of anilines is 1. The van der Waals surface area contributed by atoms with Crippen molar-refractivity contribution in [3.05, 3.63) is 33.8 Å². The van der Waals surface area contributed by atoms with Gasteiger partial charge in [0.1, 0.15) is 18.0 Å². The lowest BCUT2D eigenvalue weighted by Crippen LogP contribution is -2.34. The molecule has 1 aromatic heterocycles. The van der Waals surface area contributed by atoms with Crippen LogP contribution in [0.1, 0.15) is 11.8 Å². The summed E-state index contributed by atoms with van der Waals surface area (Å²) in [5, 5.41) is 19.9. The van der Waals surface area contributed by atoms with E-state index in [1.54, 1.807) is 0 Å². The number of nitrogen functional groups attached to an aromatic ring is 1. The second-order valence-corrected chi connectivity index (χ2v) is 10.9. The molecule has 1 aromatic rings. The van der Waals surface area contributed by atoms with Gasteiger partial charge in [-0.3, -0.25) is 9.09 Å². The summed E-state index contributed by atoms with van der Waals surface area (Å²) in [5.41, 5.74) is 2.09. The van der Waals surface area contributed by atoms with Crippen LogP contribution < -0.4 is 11.4 Å². The fourth-order valence-corrected chi connectivity index (χ4v) is 7.26. The fraction of sp³-hybridized carbons (Fsp3) is 0.400. The van der Waals surface area contributed by atoms with Gasteiger partial charge in [-0.15, -0.1) is 0 Å². The molecule has 3 rings (SSSR count). The lowest BCUT2D eigenvalue weighted by Gasteiger charge is -2.26. The number of hydrogen-bond acceptors (Lipinski definition) is 13. The van der Waals surface area contributed by atoms with Gasteiger partial charge < -0.3 is 30.5 Å². The van der Waals surface area contributed by atoms with E-state index in [1.807, 2.05) is 0 Å². The van der Waals surface area contributed by atoms with E-state index in [-0.39, 0.29) is 10.8 Å². The van der Waals surface area contributed by atoms with Gasteiger partial charge in [0.25, 0.3) is 0 Å². The Labute approximate surface area is 173 Å². The van der Waals surface area contributed by atoms with E-state index < -0.39 is 77.2 Å². The minimum atomic E-state index is -5.38. The number of nitrogens with two attached hydrogens (primary N) is 1. The number of phosphoric acid groups is 3. The second kappa shape index (κ2) is 7.92. The van der Waals surface area contributed by atoms with Crippen molar-refractivity contribution >= 4 is 29.3 Å². The van der Waals surface area contributed by atoms with Crippen molar-refractivity contribution in [3.63, 3.8) is 0 Å². The minimum Gasteiger partial charge on any atom is -0.506 e. The first kappa shape index (κ1) is 24.9. The van der Waals surface area contributed by atoms with Crippen LogP contribution in [0.5, 0.6) is 0 Å². The SMILES string of the molecule is Nc1nc(=O)n([C@@H]2OC(COP3(=O)OP(=O)(O)OP(=O)(O)O3)=C(O)C2O)cc1C(F)(F)F. The zero-order valence-corrected chi connectivity index (χ0v) is 17.5. The van der Waals surface area contributed by atoms with Crippen molar-refractivity contribution in [1.29, 1.82) is 0 Å². The molecule has 32 heavy (non-hydrogen) atoms. The molecule has 1 saturated heterocycles. The van der Waals surface area contributed by atoms with Gasteiger partial charge in [-0.05, 0) is 0 Å². The predicted molar refractivity (Wildman–Crippen MR) is 90.2 cm³/mol. The summed E-state index contributed by atoms with van der Waals surface area (Å²) in [6.45, 7) is -1.25. The fourth-order valence-electron chi connectivity index (χ4n) is 2.38. The topological polar surface area (TPSA) is 239 Å². The number of alkyl halides is 3. The monoisotopic (exact) mass is 531 g/mol. The average Bonchev–Trinajstić information content (AvgIpc) is 2.84. The van der Waals surface area contributed by atoms with Gasteiger partial charge in [0, 0.05) is 6.20 Å². The summed E-state index contributed by atoms with van der Waals surface area (Å²) in [5.74, 6) is -3.17. The third kappa shape index (κ3) is 5.07. The quantitative estimate of drug-likeness (QED) is 0.339. The van der Waals surface area contributed by atoms with E-state index in [4.69, 9.17) is 20.3 Å². The van der Waals surface area contributed by atoms with Crippen molar-refractivity contribution in [3.8, 4) is 0 Å². The van der Waals surface area contributed by atoms with E-state index in [1.165, 1.54) is 0 Å². The highest BCUT2D eigenvalue weighted by atomic mass is 31.3. The number of rotatable bonds is 4. The Balaban J connectivity index is 1.83. The van der Waals surface area contributed by atoms with Crippen LogP contribution in [0.25, 0.3) is 0 Å². The molecule has 2 aliphatic rings. The first-order chi connectivity index (χ1) is 14.4. The largest absolute Gasteiger partial charge is 0.506 e. The molecule has 0 saturated carbocycles. The summed E-state index contributed by atoms with van der Waals surface area (Å²) in [6.07, 6.45) is -9.11. The molecule has 0 bridgehead atoms. The Morgan fingerprint density at radius 1 is 1.19 bits per heavy atom. The molecule has 1 fully saturated rings. The summed E-state index contributed by atoms with van der Waals surface area (Å²) >= 11 is 0. The van der Waals surface area contributed by atoms with Gasteiger partial charge in [0.15, 0.2) is 17.6 Å². The second-order valence-electron chi connectivity index (χ2n) is 5.89. The summed E-state index contributed by atoms with van der Waals surface area (Å²) in [4.78, 5) is 33.2. The Morgan fingerprint density at radius 2 is 1.75 bits per heavy atom. The van der Waals surface area contributed by atoms with Crippen molar-refractivity contribution in [1.82, 2.24) is 9.55 Å². The van der Waals surface area contributed by atoms with Crippen LogP contribution in [0.15, 0.2) is 22.5 Å². The first-order valence-electron chi connectivity index (χ1n) is 7.70. The van der Waals surface area contributed by atoms with Crippen LogP contribution in [-0.2, 0) is 42.1 Å². The standard InChI is InChI=1S/C10H11F3N3O13P3/c11-10(12,13)3-1-16(9(19)15-7(3)14)8-6(18)5(17)4(26-8)2-25-32(24)28-30(20,21)27-31(22,23)29-32/h1,6,8,17-18H,2H2,(H,20,21)(H,22,23)(H2,14,15,19)/t6?,8-/m1/s1. The molecule has 16 nitrogen and oxygen atoms in total. The summed E-state index contributed by atoms with van der Waals surface area (Å²) in [6, 6.07) is 0. The molecule has 0 amide bonds. The van der Waals surface area contributed by atoms with Crippen LogP contribution in [0.3, 0.4) is 0 Å². The molecule has 2 aliphatic heterocycles. The zero-order valence-electron chi connectivity index (χ0n) is 14.8. The van der Waals surface area contributed by atoms with Gasteiger partial charge >= 0.3 is 35.3 Å². The molecule has 0 spiro atoms. The lowest BCUT2D eigenvalue weighted by atomic mass is 10.2. The molecular weight excluding hydrogens is 520 g/mol. The third-order valence-electron chi connectivity index (χ3n) is 3.63. The Morgan fingerprint density at radius 3 is 2.28 bits per heavy atom. The molecule has 3 unspecified atom stereocenters. The maximum Gasteiger partial charge on any atom is 0.493 e. The summed E-state index contributed by atoms with van der Waals surface area (Å²) < 4.78 is 95.1. The highest BCUT2D eigenvalue weighted by molar-refractivity contribution is 7.74. The average molecular weight is 531 g/mol. The smallest absolute Gasteiger partial charge is 0.493 e. The van der Waals surface area contributed by atoms with E-state index in [9.17, 15) is 41.9 Å². The number of nitrogens with zero attached hydrogens (tertiary/aromatic N) is 2. The number of aromatic nitrogens is 2. The zero-order chi connectivity index (χ0) is 24.3. The molecule has 0 radical (unpaired) electrons. The molecule has 0 aliphatic carbocycles. The number of aliphatic hydroxyl groups excluding tert-OH is 2. The van der Waals surface area contributed by atoms with Crippen LogP contribution in [-0.4, -0.2) is 42.3 Å². The highest BCUT2D eigenvalue weighted by Gasteiger charge is 2.54. The van der Waals surface area contributed by atoms with Crippen LogP contribution >= 0.6 is 23.5 Å². The number of ether oxygens (including phenoxy) is 1. The van der Waals surface area contributed by atoms with Gasteiger partial charge in [0.05, 0.1) is 0 Å². The van der Waals surface area contributed by atoms with Crippen molar-refractivity contribution in [2.75, 3.05) is 12.3 Å². The highest BCUT2D eigenvalue weighted by Crippen LogP contribution is 2.80. The number of halogens is 3. The Bertz CT molecular complexity index is 1150. The van der Waals surface area contributed by atoms with Gasteiger partial charge in [-0.2, -0.15) is 31.1 Å². The van der Waals surface area contributed by atoms with Crippen molar-refractivity contribution < 1.29 is 69.1 Å². The molecular formula is C10H11F3N3O13P3. The number of aliphatic hydroxyl groups is 2. The minimum absolute atomic E-state index is 0.139. The molecule has 180 valence electrons. The maximum absolute atomic E-state index is 13.0. The summed E-state index contributed by atoms with van der Waals surface area (Å²) in [7, 11) is -16.1. The van der Waals surface area contributed by atoms with E-state index in [2.05, 4.69) is 22.4 Å². The van der Waals surface area contributed by atoms with Crippen molar-refractivity contribution in [2.24, 2.45) is 0 Å². The first-order valence-corrected chi connectivity index (χ1v) is 12.1. The third-order valence-corrected chi connectivity index (χ3v) is 8.97. The van der Waals surface area contributed by atoms with E-state index >= 15 is 0 Å².